The van der Waals surface area contributed by atoms with Crippen LogP contribution < -0.4 is 10.1 Å². The highest BCUT2D eigenvalue weighted by atomic mass is 35.5. The van der Waals surface area contributed by atoms with Crippen LogP contribution in [-0.2, 0) is 4.74 Å². The zero-order valence-electron chi connectivity index (χ0n) is 9.54. The molecule has 90 valence electrons. The van der Waals surface area contributed by atoms with Crippen LogP contribution in [0.3, 0.4) is 0 Å². The lowest BCUT2D eigenvalue weighted by molar-refractivity contribution is 0.198. The number of rotatable bonds is 8. The summed E-state index contributed by atoms with van der Waals surface area (Å²) in [6.45, 7) is 3.21. The first-order valence-corrected chi connectivity index (χ1v) is 5.79. The van der Waals surface area contributed by atoms with E-state index in [1.807, 2.05) is 24.3 Å². The van der Waals surface area contributed by atoms with Crippen LogP contribution in [-0.4, -0.2) is 33.4 Å². The van der Waals surface area contributed by atoms with Crippen LogP contribution in [0.15, 0.2) is 24.3 Å². The van der Waals surface area contributed by atoms with Gasteiger partial charge in [0.05, 0.1) is 18.2 Å². The van der Waals surface area contributed by atoms with Gasteiger partial charge >= 0.3 is 0 Å². The fourth-order valence-corrected chi connectivity index (χ4v) is 1.43. The van der Waals surface area contributed by atoms with Crippen LogP contribution in [0.1, 0.15) is 6.42 Å². The van der Waals surface area contributed by atoms with Crippen LogP contribution in [0.25, 0.3) is 0 Å². The van der Waals surface area contributed by atoms with Crippen molar-refractivity contribution in [2.45, 2.75) is 6.42 Å². The lowest BCUT2D eigenvalue weighted by Gasteiger charge is -2.08. The van der Waals surface area contributed by atoms with Crippen molar-refractivity contribution in [2.75, 3.05) is 33.4 Å². The summed E-state index contributed by atoms with van der Waals surface area (Å²) >= 11 is 5.95. The van der Waals surface area contributed by atoms with Gasteiger partial charge in [-0.15, -0.1) is 0 Å². The maximum absolute atomic E-state index is 5.95. The Morgan fingerprint density at radius 1 is 1.19 bits per heavy atom. The molecule has 0 aliphatic rings. The standard InChI is InChI=1S/C12H18ClNO2/c1-15-10-8-14-7-4-9-16-12-6-3-2-5-11(12)13/h2-3,5-6,14H,4,7-10H2,1H3. The Balaban J connectivity index is 2.05. The van der Waals surface area contributed by atoms with E-state index < -0.39 is 0 Å². The van der Waals surface area contributed by atoms with Gasteiger partial charge in [-0.1, -0.05) is 23.7 Å². The molecule has 0 heterocycles. The highest BCUT2D eigenvalue weighted by Gasteiger charge is 1.98. The van der Waals surface area contributed by atoms with Crippen molar-refractivity contribution in [1.82, 2.24) is 5.32 Å². The van der Waals surface area contributed by atoms with Crippen LogP contribution in [0.5, 0.6) is 5.75 Å². The van der Waals surface area contributed by atoms with Gasteiger partial charge in [-0.3, -0.25) is 0 Å². The second-order valence-corrected chi connectivity index (χ2v) is 3.78. The molecule has 0 amide bonds. The van der Waals surface area contributed by atoms with Gasteiger partial charge in [0.2, 0.25) is 0 Å². The molecule has 0 fully saturated rings. The summed E-state index contributed by atoms with van der Waals surface area (Å²) in [6, 6.07) is 7.51. The lowest BCUT2D eigenvalue weighted by Crippen LogP contribution is -2.21. The monoisotopic (exact) mass is 243 g/mol. The number of para-hydroxylation sites is 1. The number of halogens is 1. The molecule has 0 spiro atoms. The summed E-state index contributed by atoms with van der Waals surface area (Å²) in [5, 5.41) is 3.91. The maximum Gasteiger partial charge on any atom is 0.137 e. The third-order valence-electron chi connectivity index (χ3n) is 2.08. The topological polar surface area (TPSA) is 30.5 Å². The Hall–Kier alpha value is -0.770. The second-order valence-electron chi connectivity index (χ2n) is 3.38. The first kappa shape index (κ1) is 13.3. The SMILES string of the molecule is COCCNCCCOc1ccccc1Cl. The highest BCUT2D eigenvalue weighted by Crippen LogP contribution is 2.22. The van der Waals surface area contributed by atoms with Crippen molar-refractivity contribution < 1.29 is 9.47 Å². The summed E-state index contributed by atoms with van der Waals surface area (Å²) in [4.78, 5) is 0. The summed E-state index contributed by atoms with van der Waals surface area (Å²) in [6.07, 6.45) is 0.953. The molecule has 0 unspecified atom stereocenters. The van der Waals surface area contributed by atoms with Gasteiger partial charge in [0.15, 0.2) is 0 Å². The van der Waals surface area contributed by atoms with Gasteiger partial charge in [0, 0.05) is 13.7 Å². The second kappa shape index (κ2) is 8.39. The van der Waals surface area contributed by atoms with Gasteiger partial charge < -0.3 is 14.8 Å². The van der Waals surface area contributed by atoms with E-state index in [-0.39, 0.29) is 0 Å². The average Bonchev–Trinajstić information content (AvgIpc) is 2.30. The fourth-order valence-electron chi connectivity index (χ4n) is 1.24. The van der Waals surface area contributed by atoms with E-state index in [0.717, 1.165) is 31.9 Å². The van der Waals surface area contributed by atoms with Crippen molar-refractivity contribution in [3.8, 4) is 5.75 Å². The first-order valence-electron chi connectivity index (χ1n) is 5.41. The van der Waals surface area contributed by atoms with E-state index in [0.29, 0.717) is 11.6 Å². The zero-order valence-corrected chi connectivity index (χ0v) is 10.3. The van der Waals surface area contributed by atoms with Crippen LogP contribution in [0.4, 0.5) is 0 Å². The van der Waals surface area contributed by atoms with Crippen molar-refractivity contribution in [3.05, 3.63) is 29.3 Å². The lowest BCUT2D eigenvalue weighted by atomic mass is 10.3. The van der Waals surface area contributed by atoms with Crippen molar-refractivity contribution in [2.24, 2.45) is 0 Å². The summed E-state index contributed by atoms with van der Waals surface area (Å²) in [5.74, 6) is 0.751. The number of ether oxygens (including phenoxy) is 2. The molecule has 0 radical (unpaired) electrons. The largest absolute Gasteiger partial charge is 0.492 e. The minimum atomic E-state index is 0.662. The number of hydrogen-bond acceptors (Lipinski definition) is 3. The predicted molar refractivity (Wildman–Crippen MR) is 66.3 cm³/mol. The minimum Gasteiger partial charge on any atom is -0.492 e. The van der Waals surface area contributed by atoms with Gasteiger partial charge in [-0.25, -0.2) is 0 Å². The third-order valence-corrected chi connectivity index (χ3v) is 2.39. The summed E-state index contributed by atoms with van der Waals surface area (Å²) < 4.78 is 10.5. The van der Waals surface area contributed by atoms with Gasteiger partial charge in [0.1, 0.15) is 5.75 Å². The number of benzene rings is 1. The Labute approximate surface area is 102 Å². The predicted octanol–water partition coefficient (Wildman–Crippen LogP) is 2.34. The number of nitrogens with one attached hydrogen (secondary N) is 1. The average molecular weight is 244 g/mol. The molecule has 0 atom stereocenters. The minimum absolute atomic E-state index is 0.662. The molecule has 0 saturated carbocycles. The fraction of sp³-hybridized carbons (Fsp3) is 0.500. The Morgan fingerprint density at radius 3 is 2.75 bits per heavy atom. The molecule has 0 saturated heterocycles. The van der Waals surface area contributed by atoms with Crippen LogP contribution in [0, 0.1) is 0 Å². The Bertz CT molecular complexity index is 294. The normalized spacial score (nSPS) is 10.4. The smallest absolute Gasteiger partial charge is 0.137 e. The number of hydrogen-bond donors (Lipinski definition) is 1. The molecular weight excluding hydrogens is 226 g/mol. The molecule has 1 aromatic rings. The molecule has 1 N–H and O–H groups in total. The molecule has 0 aliphatic heterocycles. The van der Waals surface area contributed by atoms with E-state index in [2.05, 4.69) is 5.32 Å². The quantitative estimate of drug-likeness (QED) is 0.711. The van der Waals surface area contributed by atoms with E-state index in [1.54, 1.807) is 7.11 Å². The molecule has 3 nitrogen and oxygen atoms in total. The van der Waals surface area contributed by atoms with Crippen molar-refractivity contribution in [3.63, 3.8) is 0 Å². The molecule has 1 rings (SSSR count). The van der Waals surface area contributed by atoms with Gasteiger partial charge in [0.25, 0.3) is 0 Å². The molecular formula is C12H18ClNO2. The third kappa shape index (κ3) is 5.35. The van der Waals surface area contributed by atoms with Crippen LogP contribution in [0.2, 0.25) is 5.02 Å². The first-order chi connectivity index (χ1) is 7.84. The maximum atomic E-state index is 5.95. The molecule has 1 aromatic carbocycles. The van der Waals surface area contributed by atoms with Gasteiger partial charge in [-0.05, 0) is 25.1 Å². The highest BCUT2D eigenvalue weighted by molar-refractivity contribution is 6.32. The van der Waals surface area contributed by atoms with Crippen LogP contribution >= 0.6 is 11.6 Å². The summed E-state index contributed by atoms with van der Waals surface area (Å²) in [5.41, 5.74) is 0. The van der Waals surface area contributed by atoms with Crippen molar-refractivity contribution >= 4 is 11.6 Å². The molecule has 0 aliphatic carbocycles. The number of methoxy groups -OCH3 is 1. The Morgan fingerprint density at radius 2 is 2.00 bits per heavy atom. The van der Waals surface area contributed by atoms with Gasteiger partial charge in [-0.2, -0.15) is 0 Å². The molecule has 4 heteroatoms. The summed E-state index contributed by atoms with van der Waals surface area (Å²) in [7, 11) is 1.70. The van der Waals surface area contributed by atoms with E-state index in [1.165, 1.54) is 0 Å². The van der Waals surface area contributed by atoms with E-state index in [4.69, 9.17) is 21.1 Å². The Kier molecular flexibility index (Phi) is 6.97. The van der Waals surface area contributed by atoms with Crippen molar-refractivity contribution in [1.29, 1.82) is 0 Å². The van der Waals surface area contributed by atoms with E-state index >= 15 is 0 Å². The zero-order chi connectivity index (χ0) is 11.6. The molecule has 0 bridgehead atoms. The molecule has 0 aromatic heterocycles. The van der Waals surface area contributed by atoms with E-state index in [9.17, 15) is 0 Å². The molecule has 16 heavy (non-hydrogen) atoms.